The highest BCUT2D eigenvalue weighted by atomic mass is 19.1. The molecule has 1 aliphatic carbocycles. The van der Waals surface area contributed by atoms with Gasteiger partial charge in [0.2, 0.25) is 0 Å². The van der Waals surface area contributed by atoms with Crippen molar-refractivity contribution in [1.29, 1.82) is 0 Å². The largest absolute Gasteiger partial charge is 0.310 e. The molecular weight excluding hydrogens is 244 g/mol. The standard InChI is InChI=1S/C16H21F2N/c1-19-16(12-7-5-3-2-4-6-8-12)14-11-13(17)9-10-15(14)18/h7,9-11,16,19H,2-6,8H2,1H3/b12-7+. The first-order valence-electron chi connectivity index (χ1n) is 7.03. The zero-order chi connectivity index (χ0) is 13.7. The van der Waals surface area contributed by atoms with Crippen molar-refractivity contribution >= 4 is 0 Å². The minimum atomic E-state index is -0.386. The van der Waals surface area contributed by atoms with Gasteiger partial charge in [-0.15, -0.1) is 0 Å². The predicted molar refractivity (Wildman–Crippen MR) is 73.9 cm³/mol. The van der Waals surface area contributed by atoms with Gasteiger partial charge in [0.05, 0.1) is 6.04 Å². The van der Waals surface area contributed by atoms with E-state index in [0.29, 0.717) is 5.56 Å². The number of hydrogen-bond acceptors (Lipinski definition) is 1. The fourth-order valence-electron chi connectivity index (χ4n) is 2.76. The second kappa shape index (κ2) is 6.80. The van der Waals surface area contributed by atoms with Gasteiger partial charge >= 0.3 is 0 Å². The maximum atomic E-state index is 13.9. The van der Waals surface area contributed by atoms with Gasteiger partial charge in [-0.25, -0.2) is 8.78 Å². The SMILES string of the molecule is CNC(/C1=C/CCCCCC1)c1cc(F)ccc1F. The van der Waals surface area contributed by atoms with Gasteiger partial charge < -0.3 is 5.32 Å². The average molecular weight is 265 g/mol. The molecule has 0 fully saturated rings. The maximum absolute atomic E-state index is 13.9. The van der Waals surface area contributed by atoms with Crippen LogP contribution < -0.4 is 5.32 Å². The average Bonchev–Trinajstić information content (AvgIpc) is 2.36. The Kier molecular flexibility index (Phi) is 5.08. The van der Waals surface area contributed by atoms with Gasteiger partial charge in [0.1, 0.15) is 11.6 Å². The molecule has 2 rings (SSSR count). The van der Waals surface area contributed by atoms with Crippen LogP contribution in [0.4, 0.5) is 8.78 Å². The molecule has 3 heteroatoms. The fourth-order valence-corrected chi connectivity index (χ4v) is 2.76. The molecule has 1 aliphatic rings. The van der Waals surface area contributed by atoms with Gasteiger partial charge in [-0.2, -0.15) is 0 Å². The third kappa shape index (κ3) is 3.63. The zero-order valence-corrected chi connectivity index (χ0v) is 11.4. The molecule has 1 aromatic carbocycles. The monoisotopic (exact) mass is 265 g/mol. The van der Waals surface area contributed by atoms with Crippen LogP contribution in [0.5, 0.6) is 0 Å². The summed E-state index contributed by atoms with van der Waals surface area (Å²) in [5, 5.41) is 3.13. The molecule has 0 bridgehead atoms. The topological polar surface area (TPSA) is 12.0 Å². The first-order valence-corrected chi connectivity index (χ1v) is 7.03. The highest BCUT2D eigenvalue weighted by Crippen LogP contribution is 2.30. The number of halogens is 2. The van der Waals surface area contributed by atoms with E-state index in [1.807, 2.05) is 0 Å². The number of nitrogens with one attached hydrogen (secondary N) is 1. The third-order valence-electron chi connectivity index (χ3n) is 3.75. The number of allylic oxidation sites excluding steroid dienone is 1. The number of benzene rings is 1. The van der Waals surface area contributed by atoms with Crippen molar-refractivity contribution in [2.45, 2.75) is 44.6 Å². The molecule has 0 radical (unpaired) electrons. The van der Waals surface area contributed by atoms with Crippen LogP contribution in [0.15, 0.2) is 29.8 Å². The van der Waals surface area contributed by atoms with E-state index in [1.165, 1.54) is 37.0 Å². The lowest BCUT2D eigenvalue weighted by atomic mass is 9.90. The van der Waals surface area contributed by atoms with Gasteiger partial charge in [0, 0.05) is 5.56 Å². The predicted octanol–water partition coefficient (Wildman–Crippen LogP) is 4.51. The molecule has 0 aromatic heterocycles. The Labute approximate surface area is 113 Å². The molecule has 0 aliphatic heterocycles. The Balaban J connectivity index is 2.29. The first-order chi connectivity index (χ1) is 9.22. The fraction of sp³-hybridized carbons (Fsp3) is 0.500. The van der Waals surface area contributed by atoms with E-state index in [2.05, 4.69) is 11.4 Å². The molecule has 19 heavy (non-hydrogen) atoms. The first kappa shape index (κ1) is 14.2. The molecule has 0 saturated heterocycles. The summed E-state index contributed by atoms with van der Waals surface area (Å²) in [5.74, 6) is -0.730. The van der Waals surface area contributed by atoms with Crippen LogP contribution in [0.25, 0.3) is 0 Å². The van der Waals surface area contributed by atoms with Crippen LogP contribution in [0.1, 0.15) is 50.1 Å². The van der Waals surface area contributed by atoms with Crippen LogP contribution in [-0.4, -0.2) is 7.05 Å². The summed E-state index contributed by atoms with van der Waals surface area (Å²) in [4.78, 5) is 0. The van der Waals surface area contributed by atoms with Gasteiger partial charge in [-0.1, -0.05) is 24.5 Å². The third-order valence-corrected chi connectivity index (χ3v) is 3.75. The van der Waals surface area contributed by atoms with Crippen LogP contribution in [-0.2, 0) is 0 Å². The minimum Gasteiger partial charge on any atom is -0.310 e. The molecule has 1 aromatic rings. The van der Waals surface area contributed by atoms with Crippen molar-refractivity contribution in [2.24, 2.45) is 0 Å². The summed E-state index contributed by atoms with van der Waals surface area (Å²) in [7, 11) is 1.80. The summed E-state index contributed by atoms with van der Waals surface area (Å²) >= 11 is 0. The maximum Gasteiger partial charge on any atom is 0.128 e. The summed E-state index contributed by atoms with van der Waals surface area (Å²) in [6, 6.07) is 3.46. The van der Waals surface area contributed by atoms with Crippen molar-refractivity contribution in [3.05, 3.63) is 47.0 Å². The van der Waals surface area contributed by atoms with Crippen molar-refractivity contribution < 1.29 is 8.78 Å². The second-order valence-corrected chi connectivity index (χ2v) is 5.12. The number of hydrogen-bond donors (Lipinski definition) is 1. The lowest BCUT2D eigenvalue weighted by molar-refractivity contribution is 0.532. The van der Waals surface area contributed by atoms with E-state index in [9.17, 15) is 8.78 Å². The lowest BCUT2D eigenvalue weighted by Gasteiger charge is -2.22. The Hall–Kier alpha value is -1.22. The van der Waals surface area contributed by atoms with E-state index in [1.54, 1.807) is 7.05 Å². The van der Waals surface area contributed by atoms with E-state index in [4.69, 9.17) is 0 Å². The zero-order valence-electron chi connectivity index (χ0n) is 11.4. The normalized spacial score (nSPS) is 21.1. The van der Waals surface area contributed by atoms with E-state index >= 15 is 0 Å². The summed E-state index contributed by atoms with van der Waals surface area (Å²) in [6.45, 7) is 0. The molecule has 0 saturated carbocycles. The lowest BCUT2D eigenvalue weighted by Crippen LogP contribution is -2.20. The summed E-state index contributed by atoms with van der Waals surface area (Å²) in [6.07, 6.45) is 8.99. The second-order valence-electron chi connectivity index (χ2n) is 5.12. The quantitative estimate of drug-likeness (QED) is 0.793. The van der Waals surface area contributed by atoms with Gasteiger partial charge in [-0.3, -0.25) is 0 Å². The highest BCUT2D eigenvalue weighted by molar-refractivity contribution is 5.30. The molecular formula is C16H21F2N. The molecule has 1 atom stereocenters. The Morgan fingerprint density at radius 1 is 1.11 bits per heavy atom. The van der Waals surface area contributed by atoms with Gasteiger partial charge in [-0.05, 0) is 50.9 Å². The minimum absolute atomic E-state index is 0.214. The van der Waals surface area contributed by atoms with Crippen molar-refractivity contribution in [3.63, 3.8) is 0 Å². The van der Waals surface area contributed by atoms with Crippen molar-refractivity contribution in [1.82, 2.24) is 5.32 Å². The molecule has 1 unspecified atom stereocenters. The van der Waals surface area contributed by atoms with Crippen LogP contribution in [0.2, 0.25) is 0 Å². The van der Waals surface area contributed by atoms with Gasteiger partial charge in [0.25, 0.3) is 0 Å². The van der Waals surface area contributed by atoms with Crippen LogP contribution in [0, 0.1) is 11.6 Å². The Morgan fingerprint density at radius 2 is 1.89 bits per heavy atom. The van der Waals surface area contributed by atoms with E-state index < -0.39 is 0 Å². The van der Waals surface area contributed by atoms with E-state index in [-0.39, 0.29) is 17.7 Å². The number of rotatable bonds is 3. The summed E-state index contributed by atoms with van der Waals surface area (Å²) in [5.41, 5.74) is 1.60. The molecule has 0 amide bonds. The highest BCUT2D eigenvalue weighted by Gasteiger charge is 2.19. The summed E-state index contributed by atoms with van der Waals surface area (Å²) < 4.78 is 27.3. The van der Waals surface area contributed by atoms with E-state index in [0.717, 1.165) is 25.3 Å². The smallest absolute Gasteiger partial charge is 0.128 e. The van der Waals surface area contributed by atoms with Gasteiger partial charge in [0.15, 0.2) is 0 Å². The van der Waals surface area contributed by atoms with Crippen LogP contribution in [0.3, 0.4) is 0 Å². The molecule has 1 nitrogen and oxygen atoms in total. The van der Waals surface area contributed by atoms with Crippen LogP contribution >= 0.6 is 0 Å². The molecule has 0 spiro atoms. The van der Waals surface area contributed by atoms with Crippen molar-refractivity contribution in [2.75, 3.05) is 7.05 Å². The van der Waals surface area contributed by atoms with Crippen molar-refractivity contribution in [3.8, 4) is 0 Å². The molecule has 0 heterocycles. The Bertz CT molecular complexity index is 454. The molecule has 1 N–H and O–H groups in total. The Morgan fingerprint density at radius 3 is 2.68 bits per heavy atom. The number of likely N-dealkylation sites (N-methyl/N-ethyl adjacent to an activating group) is 1. The molecule has 104 valence electrons.